The van der Waals surface area contributed by atoms with Crippen molar-refractivity contribution in [2.75, 3.05) is 0 Å². The molecule has 1 saturated heterocycles. The van der Waals surface area contributed by atoms with Gasteiger partial charge < -0.3 is 15.4 Å². The summed E-state index contributed by atoms with van der Waals surface area (Å²) in [5, 5.41) is 27.7. The Kier molecular flexibility index (Phi) is 2.29. The van der Waals surface area contributed by atoms with Crippen LogP contribution in [0.4, 0.5) is 0 Å². The first-order chi connectivity index (χ1) is 6.25. The van der Waals surface area contributed by atoms with Crippen molar-refractivity contribution in [3.63, 3.8) is 0 Å². The highest BCUT2D eigenvalue weighted by molar-refractivity contribution is 5.84. The number of hydrogen-bond donors (Lipinski definition) is 3. The number of carboxylic acid groups (broad SMARTS) is 2. The van der Waals surface area contributed by atoms with Crippen LogP contribution >= 0.6 is 0 Å². The van der Waals surface area contributed by atoms with Crippen LogP contribution in [0.3, 0.4) is 0 Å². The second kappa shape index (κ2) is 2.93. The molecule has 0 aromatic heterocycles. The Morgan fingerprint density at radius 1 is 1.07 bits per heavy atom. The largest absolute Gasteiger partial charge is 0.480 e. The molecule has 14 heavy (non-hydrogen) atoms. The monoisotopic (exact) mass is 203 g/mol. The van der Waals surface area contributed by atoms with E-state index in [1.807, 2.05) is 0 Å². The Morgan fingerprint density at radius 2 is 1.36 bits per heavy atom. The maximum absolute atomic E-state index is 10.8. The summed E-state index contributed by atoms with van der Waals surface area (Å²) in [6, 6.07) is 0. The Labute approximate surface area is 80.7 Å². The topological polar surface area (TPSA) is 98.1 Å². The van der Waals surface area contributed by atoms with Crippen LogP contribution in [-0.2, 0) is 9.59 Å². The van der Waals surface area contributed by atoms with Gasteiger partial charge in [0.25, 0.3) is 0 Å². The quantitative estimate of drug-likeness (QED) is 0.591. The van der Waals surface area contributed by atoms with Gasteiger partial charge in [0.15, 0.2) is 0 Å². The minimum atomic E-state index is -1.51. The van der Waals surface area contributed by atoms with E-state index in [1.165, 1.54) is 13.8 Å². The summed E-state index contributed by atoms with van der Waals surface area (Å²) in [4.78, 5) is 21.7. The van der Waals surface area contributed by atoms with Crippen molar-refractivity contribution < 1.29 is 25.0 Å². The third kappa shape index (κ3) is 1.18. The number of nitrogens with zero attached hydrogens (tertiary/aromatic N) is 1. The molecule has 80 valence electrons. The summed E-state index contributed by atoms with van der Waals surface area (Å²) in [6.45, 7) is 2.62. The number of hydroxylamine groups is 2. The van der Waals surface area contributed by atoms with Gasteiger partial charge in [-0.1, -0.05) is 0 Å². The van der Waals surface area contributed by atoms with Crippen LogP contribution in [-0.4, -0.2) is 43.5 Å². The summed E-state index contributed by atoms with van der Waals surface area (Å²) in [5.74, 6) is -2.44. The Bertz CT molecular complexity index is 263. The molecule has 0 aliphatic carbocycles. The van der Waals surface area contributed by atoms with Gasteiger partial charge in [0.05, 0.1) is 0 Å². The molecule has 1 rings (SSSR count). The van der Waals surface area contributed by atoms with Gasteiger partial charge in [-0.05, 0) is 26.7 Å². The Hall–Kier alpha value is -1.14. The second-order valence-electron chi connectivity index (χ2n) is 3.97. The van der Waals surface area contributed by atoms with Crippen LogP contribution < -0.4 is 0 Å². The number of hydrogen-bond acceptors (Lipinski definition) is 4. The van der Waals surface area contributed by atoms with Crippen molar-refractivity contribution in [3.05, 3.63) is 0 Å². The average Bonchev–Trinajstić information content (AvgIpc) is 2.32. The molecule has 0 amide bonds. The standard InChI is InChI=1S/C8H13NO5/c1-7(5(10)11)3-4-8(2,6(12)13)9(7)14/h14H,3-4H2,1-2H3,(H,10,11)(H,12,13). The summed E-state index contributed by atoms with van der Waals surface area (Å²) < 4.78 is 0. The van der Waals surface area contributed by atoms with Gasteiger partial charge in [0.1, 0.15) is 11.1 Å². The first kappa shape index (κ1) is 10.9. The van der Waals surface area contributed by atoms with E-state index in [4.69, 9.17) is 10.2 Å². The smallest absolute Gasteiger partial charge is 0.326 e. The number of carboxylic acids is 2. The van der Waals surface area contributed by atoms with Crippen molar-refractivity contribution >= 4 is 11.9 Å². The van der Waals surface area contributed by atoms with Crippen molar-refractivity contribution in [3.8, 4) is 0 Å². The highest BCUT2D eigenvalue weighted by atomic mass is 16.5. The molecule has 1 fully saturated rings. The maximum atomic E-state index is 10.8. The molecule has 2 atom stereocenters. The molecule has 1 aliphatic heterocycles. The number of aliphatic carboxylic acids is 2. The zero-order chi connectivity index (χ0) is 11.1. The molecule has 6 heteroatoms. The van der Waals surface area contributed by atoms with E-state index >= 15 is 0 Å². The fourth-order valence-corrected chi connectivity index (χ4v) is 1.64. The number of carbonyl (C=O) groups is 2. The zero-order valence-electron chi connectivity index (χ0n) is 8.02. The highest BCUT2D eigenvalue weighted by Crippen LogP contribution is 2.39. The normalized spacial score (nSPS) is 38.5. The second-order valence-corrected chi connectivity index (χ2v) is 3.97. The van der Waals surface area contributed by atoms with E-state index < -0.39 is 23.0 Å². The van der Waals surface area contributed by atoms with Crippen LogP contribution in [0.1, 0.15) is 26.7 Å². The fraction of sp³-hybridized carbons (Fsp3) is 0.750. The number of rotatable bonds is 2. The lowest BCUT2D eigenvalue weighted by Gasteiger charge is -2.33. The highest BCUT2D eigenvalue weighted by Gasteiger charge is 2.58. The summed E-state index contributed by atoms with van der Waals surface area (Å²) >= 11 is 0. The SMILES string of the molecule is CC1(C(=O)O)CCC(C)(C(=O)O)N1O. The minimum absolute atomic E-state index is 0.113. The molecule has 0 aromatic carbocycles. The molecule has 0 spiro atoms. The van der Waals surface area contributed by atoms with Gasteiger partial charge in [-0.25, -0.2) is 0 Å². The van der Waals surface area contributed by atoms with Crippen molar-refractivity contribution in [1.29, 1.82) is 0 Å². The minimum Gasteiger partial charge on any atom is -0.480 e. The van der Waals surface area contributed by atoms with Crippen molar-refractivity contribution in [2.45, 2.75) is 37.8 Å². The summed E-state index contributed by atoms with van der Waals surface area (Å²) in [7, 11) is 0. The van der Waals surface area contributed by atoms with Gasteiger partial charge in [-0.15, -0.1) is 0 Å². The van der Waals surface area contributed by atoms with E-state index in [0.717, 1.165) is 0 Å². The third-order valence-corrected chi connectivity index (χ3v) is 2.96. The average molecular weight is 203 g/mol. The van der Waals surface area contributed by atoms with Crippen LogP contribution in [0.15, 0.2) is 0 Å². The molecule has 1 aliphatic rings. The van der Waals surface area contributed by atoms with Gasteiger partial charge in [0.2, 0.25) is 0 Å². The molecule has 6 nitrogen and oxygen atoms in total. The zero-order valence-corrected chi connectivity index (χ0v) is 8.02. The molecule has 1 heterocycles. The van der Waals surface area contributed by atoms with Gasteiger partial charge in [-0.3, -0.25) is 9.59 Å². The third-order valence-electron chi connectivity index (χ3n) is 2.96. The predicted octanol–water partition coefficient (Wildman–Crippen LogP) is 0.158. The lowest BCUT2D eigenvalue weighted by atomic mass is 9.98. The van der Waals surface area contributed by atoms with Crippen molar-refractivity contribution in [2.24, 2.45) is 0 Å². The maximum Gasteiger partial charge on any atom is 0.326 e. The molecule has 0 aromatic rings. The summed E-state index contributed by atoms with van der Waals surface area (Å²) in [6.07, 6.45) is 0.225. The van der Waals surface area contributed by atoms with E-state index in [0.29, 0.717) is 5.06 Å². The van der Waals surface area contributed by atoms with Crippen LogP contribution in [0.2, 0.25) is 0 Å². The Morgan fingerprint density at radius 3 is 1.50 bits per heavy atom. The molecule has 2 unspecified atom stereocenters. The lowest BCUT2D eigenvalue weighted by Crippen LogP contribution is -2.56. The lowest BCUT2D eigenvalue weighted by molar-refractivity contribution is -0.219. The predicted molar refractivity (Wildman–Crippen MR) is 44.9 cm³/mol. The van der Waals surface area contributed by atoms with Gasteiger partial charge in [0, 0.05) is 0 Å². The molecular weight excluding hydrogens is 190 g/mol. The van der Waals surface area contributed by atoms with Crippen LogP contribution in [0.25, 0.3) is 0 Å². The first-order valence-electron chi connectivity index (χ1n) is 4.21. The molecule has 0 radical (unpaired) electrons. The van der Waals surface area contributed by atoms with E-state index in [2.05, 4.69) is 0 Å². The van der Waals surface area contributed by atoms with Crippen LogP contribution in [0, 0.1) is 0 Å². The Balaban J connectivity index is 3.05. The molecule has 0 saturated carbocycles. The van der Waals surface area contributed by atoms with Crippen molar-refractivity contribution in [1.82, 2.24) is 5.06 Å². The van der Waals surface area contributed by atoms with Crippen LogP contribution in [0.5, 0.6) is 0 Å². The van der Waals surface area contributed by atoms with Gasteiger partial charge >= 0.3 is 11.9 Å². The van der Waals surface area contributed by atoms with E-state index in [9.17, 15) is 14.8 Å². The molecule has 0 bridgehead atoms. The molecule has 3 N–H and O–H groups in total. The first-order valence-corrected chi connectivity index (χ1v) is 4.21. The summed E-state index contributed by atoms with van der Waals surface area (Å²) in [5.41, 5.74) is -3.01. The fourth-order valence-electron chi connectivity index (χ4n) is 1.64. The van der Waals surface area contributed by atoms with E-state index in [1.54, 1.807) is 0 Å². The van der Waals surface area contributed by atoms with Gasteiger partial charge in [-0.2, -0.15) is 5.06 Å². The molecular formula is C8H13NO5. The van der Waals surface area contributed by atoms with E-state index in [-0.39, 0.29) is 12.8 Å².